The van der Waals surface area contributed by atoms with E-state index in [1.54, 1.807) is 44.4 Å². The molecule has 0 aliphatic carbocycles. The Balaban J connectivity index is 1.90. The Labute approximate surface area is 157 Å². The Bertz CT molecular complexity index is 951. The average Bonchev–Trinajstić information content (AvgIpc) is 3.12. The quantitative estimate of drug-likeness (QED) is 0.701. The number of benzene rings is 2. The van der Waals surface area contributed by atoms with Gasteiger partial charge in [-0.15, -0.1) is 0 Å². The highest BCUT2D eigenvalue weighted by Crippen LogP contribution is 2.20. The molecule has 0 aliphatic rings. The molecule has 27 heavy (non-hydrogen) atoms. The lowest BCUT2D eigenvalue weighted by atomic mass is 10.3. The molecule has 0 spiro atoms. The first-order valence-corrected chi connectivity index (χ1v) is 8.51. The number of anilines is 2. The number of hydrogen-bond acceptors (Lipinski definition) is 4. The first kappa shape index (κ1) is 18.2. The molecule has 0 atom stereocenters. The highest BCUT2D eigenvalue weighted by molar-refractivity contribution is 6.04. The van der Waals surface area contributed by atoms with Crippen LogP contribution in [0.1, 0.15) is 23.8 Å². The molecule has 0 bridgehead atoms. The van der Waals surface area contributed by atoms with Gasteiger partial charge in [0.05, 0.1) is 12.8 Å². The summed E-state index contributed by atoms with van der Waals surface area (Å²) in [7, 11) is 1.56. The van der Waals surface area contributed by atoms with Gasteiger partial charge in [0.2, 0.25) is 5.91 Å². The lowest BCUT2D eigenvalue weighted by Gasteiger charge is -2.07. The number of nitrogens with one attached hydrogen (secondary N) is 2. The number of methoxy groups -OCH3 is 1. The van der Waals surface area contributed by atoms with Crippen LogP contribution in [0.2, 0.25) is 0 Å². The van der Waals surface area contributed by atoms with E-state index in [2.05, 4.69) is 15.7 Å². The van der Waals surface area contributed by atoms with Gasteiger partial charge < -0.3 is 15.4 Å². The number of para-hydroxylation sites is 1. The van der Waals surface area contributed by atoms with Crippen LogP contribution in [0, 0.1) is 0 Å². The second kappa shape index (κ2) is 8.18. The topological polar surface area (TPSA) is 85.2 Å². The highest BCUT2D eigenvalue weighted by Gasteiger charge is 2.17. The molecule has 3 aromatic rings. The summed E-state index contributed by atoms with van der Waals surface area (Å²) in [5.74, 6) is 0.527. The fraction of sp³-hybridized carbons (Fsp3) is 0.150. The van der Waals surface area contributed by atoms with Crippen LogP contribution < -0.4 is 15.4 Å². The largest absolute Gasteiger partial charge is 0.497 e. The Morgan fingerprint density at radius 3 is 2.52 bits per heavy atom. The minimum atomic E-state index is -0.384. The van der Waals surface area contributed by atoms with Gasteiger partial charge in [-0.3, -0.25) is 9.59 Å². The van der Waals surface area contributed by atoms with E-state index in [0.29, 0.717) is 23.7 Å². The smallest absolute Gasteiger partial charge is 0.276 e. The zero-order valence-corrected chi connectivity index (χ0v) is 15.1. The van der Waals surface area contributed by atoms with Crippen molar-refractivity contribution in [3.63, 3.8) is 0 Å². The van der Waals surface area contributed by atoms with E-state index in [0.717, 1.165) is 5.69 Å². The van der Waals surface area contributed by atoms with Gasteiger partial charge in [0, 0.05) is 24.2 Å². The predicted molar refractivity (Wildman–Crippen MR) is 103 cm³/mol. The fourth-order valence-corrected chi connectivity index (χ4v) is 2.47. The molecule has 2 aromatic carbocycles. The maximum atomic E-state index is 12.6. The molecule has 0 unspecified atom stereocenters. The Morgan fingerprint density at radius 2 is 1.81 bits per heavy atom. The third kappa shape index (κ3) is 4.33. The number of aromatic nitrogens is 2. The van der Waals surface area contributed by atoms with Gasteiger partial charge in [-0.05, 0) is 24.3 Å². The molecular weight excluding hydrogens is 344 g/mol. The Kier molecular flexibility index (Phi) is 5.51. The van der Waals surface area contributed by atoms with Crippen LogP contribution in [0.15, 0.2) is 60.7 Å². The van der Waals surface area contributed by atoms with Gasteiger partial charge in [-0.1, -0.05) is 31.2 Å². The number of ether oxygens (including phenoxy) is 1. The van der Waals surface area contributed by atoms with Crippen molar-refractivity contribution >= 4 is 23.3 Å². The zero-order valence-electron chi connectivity index (χ0n) is 15.1. The van der Waals surface area contributed by atoms with Crippen molar-refractivity contribution in [2.75, 3.05) is 17.7 Å². The fourth-order valence-electron chi connectivity index (χ4n) is 2.47. The first-order valence-electron chi connectivity index (χ1n) is 8.51. The number of nitrogens with zero attached hydrogens (tertiary/aromatic N) is 2. The summed E-state index contributed by atoms with van der Waals surface area (Å²) in [4.78, 5) is 24.5. The van der Waals surface area contributed by atoms with E-state index >= 15 is 0 Å². The van der Waals surface area contributed by atoms with E-state index < -0.39 is 0 Å². The van der Waals surface area contributed by atoms with E-state index in [1.165, 1.54) is 4.68 Å². The van der Waals surface area contributed by atoms with Crippen molar-refractivity contribution in [1.82, 2.24) is 9.78 Å². The van der Waals surface area contributed by atoms with Crippen molar-refractivity contribution in [3.05, 3.63) is 66.4 Å². The van der Waals surface area contributed by atoms with Crippen LogP contribution in [0.5, 0.6) is 5.75 Å². The monoisotopic (exact) mass is 364 g/mol. The number of rotatable bonds is 6. The van der Waals surface area contributed by atoms with Gasteiger partial charge in [0.15, 0.2) is 5.69 Å². The van der Waals surface area contributed by atoms with Crippen LogP contribution >= 0.6 is 0 Å². The van der Waals surface area contributed by atoms with E-state index in [4.69, 9.17) is 4.74 Å². The summed E-state index contributed by atoms with van der Waals surface area (Å²) < 4.78 is 6.70. The van der Waals surface area contributed by atoms with E-state index in [9.17, 15) is 9.59 Å². The average molecular weight is 364 g/mol. The summed E-state index contributed by atoms with van der Waals surface area (Å²) in [5, 5.41) is 9.93. The van der Waals surface area contributed by atoms with Crippen molar-refractivity contribution in [2.45, 2.75) is 13.3 Å². The minimum Gasteiger partial charge on any atom is -0.497 e. The standard InChI is InChI=1S/C20H20N4O3/c1-3-19(25)22-18-13-17(23-24(18)15-9-5-4-6-10-15)20(26)21-14-8-7-11-16(12-14)27-2/h4-13H,3H2,1-2H3,(H,21,26)(H,22,25). The van der Waals surface area contributed by atoms with Gasteiger partial charge in [-0.25, -0.2) is 4.68 Å². The molecule has 7 heteroatoms. The van der Waals surface area contributed by atoms with Crippen LogP contribution in [0.3, 0.4) is 0 Å². The van der Waals surface area contributed by atoms with Crippen molar-refractivity contribution in [3.8, 4) is 11.4 Å². The van der Waals surface area contributed by atoms with Crippen LogP contribution in [-0.2, 0) is 4.79 Å². The Hall–Kier alpha value is -3.61. The Morgan fingerprint density at radius 1 is 1.04 bits per heavy atom. The molecule has 2 amide bonds. The molecule has 7 nitrogen and oxygen atoms in total. The molecule has 1 heterocycles. The van der Waals surface area contributed by atoms with E-state index in [-0.39, 0.29) is 17.5 Å². The summed E-state index contributed by atoms with van der Waals surface area (Å²) in [6, 6.07) is 17.9. The number of amides is 2. The third-order valence-electron chi connectivity index (χ3n) is 3.86. The summed E-state index contributed by atoms with van der Waals surface area (Å²) in [5.41, 5.74) is 1.52. The van der Waals surface area contributed by atoms with Crippen LogP contribution in [0.25, 0.3) is 5.69 Å². The number of hydrogen-bond donors (Lipinski definition) is 2. The maximum Gasteiger partial charge on any atom is 0.276 e. The molecule has 0 saturated heterocycles. The first-order chi connectivity index (χ1) is 13.1. The summed E-state index contributed by atoms with van der Waals surface area (Å²) in [6.45, 7) is 1.76. The van der Waals surface area contributed by atoms with Gasteiger partial charge in [0.1, 0.15) is 11.6 Å². The molecule has 3 rings (SSSR count). The number of carbonyl (C=O) groups excluding carboxylic acids is 2. The van der Waals surface area contributed by atoms with E-state index in [1.807, 2.05) is 30.3 Å². The molecule has 0 radical (unpaired) electrons. The highest BCUT2D eigenvalue weighted by atomic mass is 16.5. The molecule has 2 N–H and O–H groups in total. The van der Waals surface area contributed by atoms with Crippen LogP contribution in [0.4, 0.5) is 11.5 Å². The number of carbonyl (C=O) groups is 2. The third-order valence-corrected chi connectivity index (χ3v) is 3.86. The molecular formula is C20H20N4O3. The lowest BCUT2D eigenvalue weighted by molar-refractivity contribution is -0.115. The molecule has 0 saturated carbocycles. The van der Waals surface area contributed by atoms with Gasteiger partial charge in [0.25, 0.3) is 5.91 Å². The molecule has 0 fully saturated rings. The summed E-state index contributed by atoms with van der Waals surface area (Å²) >= 11 is 0. The molecule has 138 valence electrons. The van der Waals surface area contributed by atoms with Gasteiger partial charge in [-0.2, -0.15) is 5.10 Å². The molecule has 0 aliphatic heterocycles. The summed E-state index contributed by atoms with van der Waals surface area (Å²) in [6.07, 6.45) is 0.325. The zero-order chi connectivity index (χ0) is 19.2. The lowest BCUT2D eigenvalue weighted by Crippen LogP contribution is -2.14. The molecule has 1 aromatic heterocycles. The normalized spacial score (nSPS) is 10.3. The van der Waals surface area contributed by atoms with Crippen molar-refractivity contribution in [1.29, 1.82) is 0 Å². The van der Waals surface area contributed by atoms with Crippen LogP contribution in [-0.4, -0.2) is 28.7 Å². The maximum absolute atomic E-state index is 12.6. The second-order valence-electron chi connectivity index (χ2n) is 5.75. The SMILES string of the molecule is CCC(=O)Nc1cc(C(=O)Nc2cccc(OC)c2)nn1-c1ccccc1. The van der Waals surface area contributed by atoms with Crippen molar-refractivity contribution < 1.29 is 14.3 Å². The predicted octanol–water partition coefficient (Wildman–Crippen LogP) is 3.48. The van der Waals surface area contributed by atoms with Gasteiger partial charge >= 0.3 is 0 Å². The van der Waals surface area contributed by atoms with Crippen molar-refractivity contribution in [2.24, 2.45) is 0 Å². The minimum absolute atomic E-state index is 0.160. The second-order valence-corrected chi connectivity index (χ2v) is 5.75.